The van der Waals surface area contributed by atoms with Crippen LogP contribution in [0.3, 0.4) is 0 Å². The molecule has 0 N–H and O–H groups in total. The molecule has 0 radical (unpaired) electrons. The van der Waals surface area contributed by atoms with E-state index in [4.69, 9.17) is 4.74 Å². The number of benzene rings is 1. The van der Waals surface area contributed by atoms with Gasteiger partial charge in [-0.05, 0) is 55.7 Å². The highest BCUT2D eigenvalue weighted by Gasteiger charge is 2.26. The minimum absolute atomic E-state index is 0.127. The van der Waals surface area contributed by atoms with Gasteiger partial charge >= 0.3 is 0 Å². The first-order chi connectivity index (χ1) is 13.9. The lowest BCUT2D eigenvalue weighted by Crippen LogP contribution is -2.33. The number of allylic oxidation sites excluding steroid dienone is 2. The highest BCUT2D eigenvalue weighted by Crippen LogP contribution is 2.41. The fourth-order valence-electron chi connectivity index (χ4n) is 3.68. The van der Waals surface area contributed by atoms with Crippen molar-refractivity contribution in [2.45, 2.75) is 18.2 Å². The van der Waals surface area contributed by atoms with Crippen molar-refractivity contribution in [3.63, 3.8) is 0 Å². The van der Waals surface area contributed by atoms with Crippen LogP contribution < -0.4 is 4.74 Å². The Morgan fingerprint density at radius 2 is 2.17 bits per heavy atom. The van der Waals surface area contributed by atoms with E-state index in [1.165, 1.54) is 31.4 Å². The minimum Gasteiger partial charge on any atom is -0.494 e. The van der Waals surface area contributed by atoms with E-state index in [2.05, 4.69) is 47.1 Å². The van der Waals surface area contributed by atoms with Gasteiger partial charge in [-0.15, -0.1) is 0 Å². The van der Waals surface area contributed by atoms with E-state index in [-0.39, 0.29) is 11.5 Å². The number of hydrogen-bond acceptors (Lipinski definition) is 5. The normalized spacial score (nSPS) is 22.7. The van der Waals surface area contributed by atoms with Crippen LogP contribution in [0, 0.1) is 5.82 Å². The van der Waals surface area contributed by atoms with Gasteiger partial charge in [0.1, 0.15) is 6.29 Å². The first-order valence-electron chi connectivity index (χ1n) is 9.72. The van der Waals surface area contributed by atoms with Gasteiger partial charge in [0.05, 0.1) is 18.6 Å². The molecule has 156 valence electrons. The van der Waals surface area contributed by atoms with E-state index in [1.807, 2.05) is 7.05 Å². The fourth-order valence-corrected chi connectivity index (χ4v) is 4.96. The summed E-state index contributed by atoms with van der Waals surface area (Å²) in [5.74, 6) is -0.0976. The third-order valence-corrected chi connectivity index (χ3v) is 7.15. The zero-order chi connectivity index (χ0) is 21.0. The first kappa shape index (κ1) is 21.5. The van der Waals surface area contributed by atoms with Gasteiger partial charge in [0.25, 0.3) is 0 Å². The lowest BCUT2D eigenvalue weighted by atomic mass is 10.2. The maximum atomic E-state index is 14.1. The van der Waals surface area contributed by atoms with Crippen molar-refractivity contribution in [2.24, 2.45) is 0 Å². The number of aldehydes is 1. The zero-order valence-corrected chi connectivity index (χ0v) is 18.4. The van der Waals surface area contributed by atoms with Gasteiger partial charge in [-0.2, -0.15) is 0 Å². The number of likely N-dealkylation sites (tertiary alicyclic amines) is 1. The Balaban J connectivity index is 1.71. The van der Waals surface area contributed by atoms with E-state index >= 15 is 0 Å². The van der Waals surface area contributed by atoms with Crippen LogP contribution in [0.1, 0.15) is 12.0 Å². The van der Waals surface area contributed by atoms with Crippen molar-refractivity contribution >= 4 is 20.2 Å². The predicted octanol–water partition coefficient (Wildman–Crippen LogP) is 3.36. The molecule has 1 fully saturated rings. The zero-order valence-electron chi connectivity index (χ0n) is 17.4. The van der Waals surface area contributed by atoms with Crippen LogP contribution in [0.5, 0.6) is 5.75 Å². The van der Waals surface area contributed by atoms with Gasteiger partial charge < -0.3 is 19.4 Å². The van der Waals surface area contributed by atoms with Crippen molar-refractivity contribution in [2.75, 3.05) is 41.3 Å². The fraction of sp³-hybridized carbons (Fsp3) is 0.409. The molecule has 2 unspecified atom stereocenters. The summed E-state index contributed by atoms with van der Waals surface area (Å²) in [5.41, 5.74) is 1.92. The lowest BCUT2D eigenvalue weighted by molar-refractivity contribution is -0.104. The van der Waals surface area contributed by atoms with Crippen molar-refractivity contribution < 1.29 is 13.9 Å². The summed E-state index contributed by atoms with van der Waals surface area (Å²) >= 11 is 0. The highest BCUT2D eigenvalue weighted by molar-refractivity contribution is 7.51. The Morgan fingerprint density at radius 1 is 1.38 bits per heavy atom. The number of nitrogens with zero attached hydrogens (tertiary/aromatic N) is 3. The molecule has 2 heterocycles. The molecule has 7 heteroatoms. The highest BCUT2D eigenvalue weighted by atomic mass is 31.1. The summed E-state index contributed by atoms with van der Waals surface area (Å²) in [7, 11) is 8.06. The number of carbonyl (C=O) groups excluding carboxylic acids is 1. The molecule has 3 rings (SSSR count). The maximum Gasteiger partial charge on any atom is 0.165 e. The maximum absolute atomic E-state index is 14.1. The number of carbonyl (C=O) groups is 1. The smallest absolute Gasteiger partial charge is 0.165 e. The molecule has 0 spiro atoms. The van der Waals surface area contributed by atoms with Gasteiger partial charge in [0.2, 0.25) is 0 Å². The number of rotatable bonds is 7. The minimum atomic E-state index is -0.425. The number of methoxy groups -OCH3 is 1. The Hall–Kier alpha value is -2.17. The van der Waals surface area contributed by atoms with Crippen LogP contribution in [0.4, 0.5) is 4.39 Å². The second-order valence-corrected chi connectivity index (χ2v) is 9.00. The van der Waals surface area contributed by atoms with Crippen molar-refractivity contribution in [3.8, 4) is 5.75 Å². The SMILES string of the molecule is COc1ccc(/C(=C/C=O)PC2C=CC(N3CC[C@H](N(C)C)C3)=CN2C)cc1F. The van der Waals surface area contributed by atoms with Crippen molar-refractivity contribution in [1.82, 2.24) is 14.7 Å². The van der Waals surface area contributed by atoms with E-state index in [0.29, 0.717) is 20.2 Å². The molecule has 1 aromatic carbocycles. The molecule has 1 aromatic rings. The molecule has 0 saturated carbocycles. The topological polar surface area (TPSA) is 36.0 Å². The van der Waals surface area contributed by atoms with Crippen LogP contribution in [0.25, 0.3) is 5.31 Å². The summed E-state index contributed by atoms with van der Waals surface area (Å²) in [6.45, 7) is 2.09. The molecular formula is C22H29FN3O2P. The van der Waals surface area contributed by atoms with Crippen LogP contribution in [0.2, 0.25) is 0 Å². The largest absolute Gasteiger partial charge is 0.494 e. The van der Waals surface area contributed by atoms with E-state index in [9.17, 15) is 9.18 Å². The Kier molecular flexibility index (Phi) is 7.09. The van der Waals surface area contributed by atoms with Gasteiger partial charge in [-0.1, -0.05) is 20.7 Å². The molecule has 1 saturated heterocycles. The van der Waals surface area contributed by atoms with Gasteiger partial charge in [0, 0.05) is 32.4 Å². The van der Waals surface area contributed by atoms with E-state index in [1.54, 1.807) is 12.1 Å². The lowest BCUT2D eigenvalue weighted by Gasteiger charge is -2.32. The number of hydrogen-bond donors (Lipinski definition) is 0. The molecule has 2 aliphatic heterocycles. The molecule has 0 aliphatic carbocycles. The number of halogens is 1. The van der Waals surface area contributed by atoms with Crippen LogP contribution in [0.15, 0.2) is 48.3 Å². The van der Waals surface area contributed by atoms with Crippen molar-refractivity contribution in [3.05, 3.63) is 59.7 Å². The molecule has 29 heavy (non-hydrogen) atoms. The van der Waals surface area contributed by atoms with Crippen molar-refractivity contribution in [1.29, 1.82) is 0 Å². The second kappa shape index (κ2) is 9.55. The molecule has 0 bridgehead atoms. The van der Waals surface area contributed by atoms with Crippen LogP contribution in [-0.2, 0) is 4.79 Å². The summed E-state index contributed by atoms with van der Waals surface area (Å²) in [6, 6.07) is 5.41. The third-order valence-electron chi connectivity index (χ3n) is 5.48. The van der Waals surface area contributed by atoms with Gasteiger partial charge in [0.15, 0.2) is 11.6 Å². The average molecular weight is 417 g/mol. The van der Waals surface area contributed by atoms with Gasteiger partial charge in [-0.3, -0.25) is 4.79 Å². The monoisotopic (exact) mass is 417 g/mol. The van der Waals surface area contributed by atoms with Crippen LogP contribution in [-0.4, -0.2) is 74.2 Å². The molecule has 0 amide bonds. The quantitative estimate of drug-likeness (QED) is 0.386. The predicted molar refractivity (Wildman–Crippen MR) is 118 cm³/mol. The summed E-state index contributed by atoms with van der Waals surface area (Å²) in [4.78, 5) is 18.1. The Labute approximate surface area is 174 Å². The second-order valence-electron chi connectivity index (χ2n) is 7.59. The molecule has 3 atom stereocenters. The van der Waals surface area contributed by atoms with E-state index < -0.39 is 5.82 Å². The van der Waals surface area contributed by atoms with Gasteiger partial charge in [-0.25, -0.2) is 4.39 Å². The molecule has 2 aliphatic rings. The van der Waals surface area contributed by atoms with E-state index in [0.717, 1.165) is 24.7 Å². The first-order valence-corrected chi connectivity index (χ1v) is 10.8. The molecule has 5 nitrogen and oxygen atoms in total. The Bertz CT molecular complexity index is 837. The summed E-state index contributed by atoms with van der Waals surface area (Å²) in [6.07, 6.45) is 9.98. The standard InChI is InChI=1S/C22H29FN3O2P/c1-24(2)17-9-11-26(15-17)18-6-8-22(25(3)14-18)29-21(10-12-27)16-5-7-20(28-4)19(23)13-16/h5-8,10,12-14,17,22,29H,9,11,15H2,1-4H3/b21-10-/t17-,22?/m0/s1. The summed E-state index contributed by atoms with van der Waals surface area (Å²) < 4.78 is 19.1. The summed E-state index contributed by atoms with van der Waals surface area (Å²) in [5, 5.41) is 0.828. The van der Waals surface area contributed by atoms with Crippen LogP contribution >= 0.6 is 8.58 Å². The third kappa shape index (κ3) is 5.06. The molecule has 0 aromatic heterocycles. The molecular weight excluding hydrogens is 388 g/mol. The Morgan fingerprint density at radius 3 is 2.76 bits per heavy atom. The number of ether oxygens (including phenoxy) is 1. The number of likely N-dealkylation sites (N-methyl/N-ethyl adjacent to an activating group) is 2. The average Bonchev–Trinajstić information content (AvgIpc) is 3.19.